The minimum Gasteiger partial charge on any atom is -0.508 e. The maximum Gasteiger partial charge on any atom is 0.186 e. The summed E-state index contributed by atoms with van der Waals surface area (Å²) in [5, 5.41) is 47.7. The highest BCUT2D eigenvalue weighted by Crippen LogP contribution is 2.22. The molecule has 1 aliphatic heterocycles. The van der Waals surface area contributed by atoms with Gasteiger partial charge in [0.1, 0.15) is 30.2 Å². The molecular weight excluding hydrogens is 292 g/mol. The molecule has 0 radical (unpaired) electrons. The van der Waals surface area contributed by atoms with Crippen molar-refractivity contribution >= 4 is 0 Å². The predicted octanol–water partition coefficient (Wildman–Crippen LogP) is -0.940. The molecule has 0 aromatic heterocycles. The van der Waals surface area contributed by atoms with Gasteiger partial charge in [0.25, 0.3) is 0 Å². The average molecular weight is 314 g/mol. The van der Waals surface area contributed by atoms with Gasteiger partial charge in [0.05, 0.1) is 13.2 Å². The van der Waals surface area contributed by atoms with Crippen LogP contribution in [0, 0.1) is 6.92 Å². The van der Waals surface area contributed by atoms with Gasteiger partial charge in [0.2, 0.25) is 0 Å². The van der Waals surface area contributed by atoms with Gasteiger partial charge in [-0.1, -0.05) is 6.07 Å². The van der Waals surface area contributed by atoms with Crippen LogP contribution in [0.2, 0.25) is 0 Å². The highest BCUT2D eigenvalue weighted by molar-refractivity contribution is 5.32. The van der Waals surface area contributed by atoms with E-state index in [9.17, 15) is 20.4 Å². The number of phenols is 1. The Labute approximate surface area is 128 Å². The molecule has 0 spiro atoms. The van der Waals surface area contributed by atoms with E-state index in [4.69, 9.17) is 14.6 Å². The maximum absolute atomic E-state index is 9.82. The van der Waals surface area contributed by atoms with Crippen molar-refractivity contribution in [2.45, 2.75) is 44.1 Å². The highest BCUT2D eigenvalue weighted by Gasteiger charge is 2.43. The molecule has 7 heteroatoms. The Hall–Kier alpha value is -1.22. The molecule has 124 valence electrons. The molecule has 0 amide bonds. The third-order valence-corrected chi connectivity index (χ3v) is 3.64. The third kappa shape index (κ3) is 3.95. The lowest BCUT2D eigenvalue weighted by Crippen LogP contribution is -2.59. The van der Waals surface area contributed by atoms with Gasteiger partial charge in [-0.15, -0.1) is 0 Å². The van der Waals surface area contributed by atoms with Crippen LogP contribution >= 0.6 is 0 Å². The van der Waals surface area contributed by atoms with E-state index in [1.54, 1.807) is 12.1 Å². The van der Waals surface area contributed by atoms with Gasteiger partial charge in [-0.3, -0.25) is 0 Å². The first-order chi connectivity index (χ1) is 10.4. The predicted molar refractivity (Wildman–Crippen MR) is 76.3 cm³/mol. The first-order valence-electron chi connectivity index (χ1n) is 7.14. The Morgan fingerprint density at radius 2 is 1.82 bits per heavy atom. The maximum atomic E-state index is 9.82. The Morgan fingerprint density at radius 3 is 2.45 bits per heavy atom. The summed E-state index contributed by atoms with van der Waals surface area (Å²) in [4.78, 5) is 0. The fraction of sp³-hybridized carbons (Fsp3) is 0.600. The number of rotatable bonds is 5. The molecule has 5 N–H and O–H groups in total. The Morgan fingerprint density at radius 1 is 1.09 bits per heavy atom. The monoisotopic (exact) mass is 314 g/mol. The van der Waals surface area contributed by atoms with Gasteiger partial charge in [-0.25, -0.2) is 0 Å². The van der Waals surface area contributed by atoms with Crippen molar-refractivity contribution in [1.29, 1.82) is 0 Å². The molecule has 1 aromatic carbocycles. The minimum atomic E-state index is -1.45. The van der Waals surface area contributed by atoms with Gasteiger partial charge in [-0.05, 0) is 36.6 Å². The lowest BCUT2D eigenvalue weighted by atomic mass is 9.99. The molecule has 7 nitrogen and oxygen atoms in total. The van der Waals surface area contributed by atoms with Crippen LogP contribution in [-0.4, -0.2) is 69.5 Å². The zero-order chi connectivity index (χ0) is 16.3. The number of aryl methyl sites for hydroxylation is 1. The number of hydrogen-bond acceptors (Lipinski definition) is 7. The average Bonchev–Trinajstić information content (AvgIpc) is 2.46. The zero-order valence-corrected chi connectivity index (χ0v) is 12.3. The number of ether oxygens (including phenoxy) is 2. The molecule has 5 atom stereocenters. The van der Waals surface area contributed by atoms with E-state index in [1.165, 1.54) is 0 Å². The fourth-order valence-electron chi connectivity index (χ4n) is 2.48. The van der Waals surface area contributed by atoms with E-state index >= 15 is 0 Å². The molecule has 0 bridgehead atoms. The van der Waals surface area contributed by atoms with Crippen LogP contribution in [0.25, 0.3) is 0 Å². The molecule has 22 heavy (non-hydrogen) atoms. The van der Waals surface area contributed by atoms with Crippen molar-refractivity contribution in [3.63, 3.8) is 0 Å². The van der Waals surface area contributed by atoms with E-state index in [2.05, 4.69) is 0 Å². The van der Waals surface area contributed by atoms with E-state index in [1.807, 2.05) is 13.0 Å². The second kappa shape index (κ2) is 7.36. The molecule has 1 saturated heterocycles. The molecule has 1 heterocycles. The molecule has 0 aliphatic carbocycles. The summed E-state index contributed by atoms with van der Waals surface area (Å²) in [5.41, 5.74) is 1.78. The molecule has 2 rings (SSSR count). The topological polar surface area (TPSA) is 120 Å². The summed E-state index contributed by atoms with van der Waals surface area (Å²) in [6.07, 6.45) is -5.87. The number of aromatic hydroxyl groups is 1. The number of aliphatic hydroxyl groups excluding tert-OH is 4. The van der Waals surface area contributed by atoms with E-state index < -0.39 is 37.3 Å². The quantitative estimate of drug-likeness (QED) is 0.476. The Kier molecular flexibility index (Phi) is 5.74. The van der Waals surface area contributed by atoms with Gasteiger partial charge in [-0.2, -0.15) is 0 Å². The molecule has 0 unspecified atom stereocenters. The zero-order valence-electron chi connectivity index (χ0n) is 12.3. The first kappa shape index (κ1) is 17.1. The van der Waals surface area contributed by atoms with E-state index in [-0.39, 0.29) is 12.4 Å². The molecule has 1 fully saturated rings. The summed E-state index contributed by atoms with van der Waals surface area (Å²) >= 11 is 0. The fourth-order valence-corrected chi connectivity index (χ4v) is 2.48. The second-order valence-corrected chi connectivity index (χ2v) is 5.49. The van der Waals surface area contributed by atoms with Crippen molar-refractivity contribution in [2.75, 3.05) is 13.2 Å². The van der Waals surface area contributed by atoms with Crippen LogP contribution in [0.4, 0.5) is 0 Å². The normalized spacial score (nSPS) is 32.1. The SMILES string of the molecule is Cc1cc(O)cc(CCO[C@@H]2O[C@H](CO)[C@@H](O)[C@H](O)[C@H]2O)c1. The lowest BCUT2D eigenvalue weighted by Gasteiger charge is -2.39. The minimum absolute atomic E-state index is 0.169. The van der Waals surface area contributed by atoms with E-state index in [0.29, 0.717) is 6.42 Å². The Balaban J connectivity index is 1.90. The molecular formula is C15H22O7. The van der Waals surface area contributed by atoms with Crippen LogP contribution in [-0.2, 0) is 15.9 Å². The van der Waals surface area contributed by atoms with Crippen LogP contribution in [0.15, 0.2) is 18.2 Å². The number of hydrogen-bond donors (Lipinski definition) is 5. The van der Waals surface area contributed by atoms with Crippen LogP contribution in [0.1, 0.15) is 11.1 Å². The lowest BCUT2D eigenvalue weighted by molar-refractivity contribution is -0.300. The molecule has 1 aliphatic rings. The summed E-state index contributed by atoms with van der Waals surface area (Å²) in [7, 11) is 0. The van der Waals surface area contributed by atoms with Crippen LogP contribution in [0.5, 0.6) is 5.75 Å². The largest absolute Gasteiger partial charge is 0.508 e. The second-order valence-electron chi connectivity index (χ2n) is 5.49. The summed E-state index contributed by atoms with van der Waals surface area (Å²) in [6, 6.07) is 5.15. The molecule has 0 saturated carbocycles. The van der Waals surface area contributed by atoms with Crippen LogP contribution < -0.4 is 0 Å². The van der Waals surface area contributed by atoms with Gasteiger partial charge < -0.3 is 35.0 Å². The number of phenolic OH excluding ortho intramolecular Hbond substituents is 1. The van der Waals surface area contributed by atoms with Gasteiger partial charge >= 0.3 is 0 Å². The van der Waals surface area contributed by atoms with Crippen molar-refractivity contribution < 1.29 is 35.0 Å². The summed E-state index contributed by atoms with van der Waals surface area (Å²) in [5.74, 6) is 0.169. The smallest absolute Gasteiger partial charge is 0.186 e. The van der Waals surface area contributed by atoms with Gasteiger partial charge in [0, 0.05) is 0 Å². The molecule has 1 aromatic rings. The van der Waals surface area contributed by atoms with Crippen LogP contribution in [0.3, 0.4) is 0 Å². The van der Waals surface area contributed by atoms with Crippen molar-refractivity contribution in [3.05, 3.63) is 29.3 Å². The van der Waals surface area contributed by atoms with E-state index in [0.717, 1.165) is 11.1 Å². The van der Waals surface area contributed by atoms with Crippen molar-refractivity contribution in [2.24, 2.45) is 0 Å². The third-order valence-electron chi connectivity index (χ3n) is 3.64. The Bertz CT molecular complexity index is 471. The van der Waals surface area contributed by atoms with Crippen molar-refractivity contribution in [3.8, 4) is 5.75 Å². The standard InChI is InChI=1S/C15H22O7/c1-8-4-9(6-10(17)5-8)2-3-21-15-14(20)13(19)12(18)11(7-16)22-15/h4-6,11-20H,2-3,7H2,1H3/t11-,12-,13+,14-,15-/m1/s1. The number of benzene rings is 1. The van der Waals surface area contributed by atoms with Gasteiger partial charge in [0.15, 0.2) is 6.29 Å². The number of aliphatic hydroxyl groups is 4. The highest BCUT2D eigenvalue weighted by atomic mass is 16.7. The summed E-state index contributed by atoms with van der Waals surface area (Å²) < 4.78 is 10.6. The first-order valence-corrected chi connectivity index (χ1v) is 7.14. The van der Waals surface area contributed by atoms with Crippen molar-refractivity contribution in [1.82, 2.24) is 0 Å². The summed E-state index contributed by atoms with van der Waals surface area (Å²) in [6.45, 7) is 1.56.